The number of tetrazole rings is 1. The van der Waals surface area contributed by atoms with Gasteiger partial charge in [-0.3, -0.25) is 4.79 Å². The molecule has 3 heterocycles. The predicted molar refractivity (Wildman–Crippen MR) is 150 cm³/mol. The lowest BCUT2D eigenvalue weighted by atomic mass is 9.96. The zero-order valence-corrected chi connectivity index (χ0v) is 23.3. The summed E-state index contributed by atoms with van der Waals surface area (Å²) < 4.78 is 47.2. The number of carbonyl (C=O) groups excluding carboxylic acids is 1. The Labute approximate surface area is 239 Å². The molecular weight excluding hydrogens is 555 g/mol. The number of rotatable bonds is 10. The molecule has 1 aliphatic heterocycles. The highest BCUT2D eigenvalue weighted by Crippen LogP contribution is 2.33. The third kappa shape index (κ3) is 7.07. The summed E-state index contributed by atoms with van der Waals surface area (Å²) >= 11 is 1.77. The van der Waals surface area contributed by atoms with Crippen molar-refractivity contribution in [2.75, 3.05) is 31.2 Å². The molecule has 1 saturated heterocycles. The fourth-order valence-electron chi connectivity index (χ4n) is 4.83. The van der Waals surface area contributed by atoms with E-state index >= 15 is 0 Å². The number of H-pyrrole nitrogens is 1. The Hall–Kier alpha value is -3.87. The zero-order chi connectivity index (χ0) is 28.8. The molecule has 216 valence electrons. The van der Waals surface area contributed by atoms with Gasteiger partial charge in [0.1, 0.15) is 6.54 Å². The second-order valence-electron chi connectivity index (χ2n) is 9.69. The van der Waals surface area contributed by atoms with Gasteiger partial charge in [0.25, 0.3) is 5.91 Å². The minimum Gasteiger partial charge on any atom is -0.468 e. The Morgan fingerprint density at radius 2 is 1.80 bits per heavy atom. The average Bonchev–Trinajstić information content (AvgIpc) is 3.61. The van der Waals surface area contributed by atoms with Crippen LogP contribution in [0.2, 0.25) is 0 Å². The summed E-state index contributed by atoms with van der Waals surface area (Å²) in [6, 6.07) is 15.5. The summed E-state index contributed by atoms with van der Waals surface area (Å²) in [5.41, 5.74) is 4.65. The van der Waals surface area contributed by atoms with Crippen LogP contribution in [0.25, 0.3) is 22.5 Å². The number of benzene rings is 2. The number of ether oxygens (including phenoxy) is 1. The summed E-state index contributed by atoms with van der Waals surface area (Å²) in [6.45, 7) is 1.52. The molecule has 0 radical (unpaired) electrons. The first-order valence-electron chi connectivity index (χ1n) is 13.4. The molecule has 2 aromatic heterocycles. The smallest absolute Gasteiger partial charge is 0.408 e. The molecule has 2 aromatic carbocycles. The maximum Gasteiger partial charge on any atom is 0.408 e. The number of hydrogen-bond donors (Lipinski definition) is 1. The van der Waals surface area contributed by atoms with Crippen LogP contribution in [0, 0.1) is 0 Å². The fraction of sp³-hybridized carbons (Fsp3) is 0.393. The average molecular weight is 586 g/mol. The van der Waals surface area contributed by atoms with Crippen molar-refractivity contribution in [2.24, 2.45) is 0 Å². The molecule has 1 amide bonds. The Morgan fingerprint density at radius 3 is 2.46 bits per heavy atom. The van der Waals surface area contributed by atoms with Crippen LogP contribution in [-0.2, 0) is 24.2 Å². The van der Waals surface area contributed by atoms with Gasteiger partial charge in [-0.2, -0.15) is 35.2 Å². The molecule has 1 aliphatic rings. The summed E-state index contributed by atoms with van der Waals surface area (Å²) in [5, 5.41) is 18.6. The Balaban J connectivity index is 1.43. The lowest BCUT2D eigenvalue weighted by Gasteiger charge is -2.26. The summed E-state index contributed by atoms with van der Waals surface area (Å²) in [4.78, 5) is 14.5. The van der Waals surface area contributed by atoms with Gasteiger partial charge in [0.05, 0.1) is 5.69 Å². The molecule has 9 nitrogen and oxygen atoms in total. The number of halogens is 3. The van der Waals surface area contributed by atoms with Crippen LogP contribution in [0.5, 0.6) is 5.88 Å². The van der Waals surface area contributed by atoms with Crippen molar-refractivity contribution in [2.45, 2.75) is 38.9 Å². The second-order valence-corrected chi connectivity index (χ2v) is 10.9. The monoisotopic (exact) mass is 585 g/mol. The van der Waals surface area contributed by atoms with E-state index in [9.17, 15) is 18.0 Å². The van der Waals surface area contributed by atoms with E-state index in [1.165, 1.54) is 0 Å². The molecule has 0 atom stereocenters. The van der Waals surface area contributed by atoms with Crippen LogP contribution >= 0.6 is 11.8 Å². The molecule has 0 spiro atoms. The predicted octanol–water partition coefficient (Wildman–Crippen LogP) is 4.79. The second kappa shape index (κ2) is 12.8. The lowest BCUT2D eigenvalue weighted by Crippen LogP contribution is -2.40. The van der Waals surface area contributed by atoms with Gasteiger partial charge in [-0.05, 0) is 28.3 Å². The van der Waals surface area contributed by atoms with E-state index < -0.39 is 12.7 Å². The van der Waals surface area contributed by atoms with Crippen LogP contribution in [0.3, 0.4) is 0 Å². The first-order valence-corrected chi connectivity index (χ1v) is 14.5. The van der Waals surface area contributed by atoms with E-state index in [2.05, 4.69) is 25.7 Å². The molecule has 41 heavy (non-hydrogen) atoms. The van der Waals surface area contributed by atoms with Gasteiger partial charge < -0.3 is 9.64 Å². The van der Waals surface area contributed by atoms with Crippen LogP contribution in [0.1, 0.15) is 30.2 Å². The standard InChI is InChI=1S/C28H30F3N7O2S/c1-2-5-24-23(27(38(34-24)18-28(29,30)31)40-17-25(39)37-12-14-41-15-13-37)16-19-8-10-20(11-9-19)21-6-3-4-7-22(21)26-32-35-36-33-26/h3-4,6-11H,2,5,12-18H2,1H3,(H,32,33,35,36). The largest absolute Gasteiger partial charge is 0.468 e. The molecule has 0 bridgehead atoms. The fourth-order valence-corrected chi connectivity index (χ4v) is 5.73. The van der Waals surface area contributed by atoms with Crippen LogP contribution in [0.15, 0.2) is 48.5 Å². The van der Waals surface area contributed by atoms with E-state index in [1.54, 1.807) is 16.7 Å². The molecule has 1 N–H and O–H groups in total. The number of hydrogen-bond acceptors (Lipinski definition) is 7. The number of aryl methyl sites for hydroxylation is 1. The quantitative estimate of drug-likeness (QED) is 0.286. The van der Waals surface area contributed by atoms with Crippen molar-refractivity contribution in [1.29, 1.82) is 0 Å². The van der Waals surface area contributed by atoms with Gasteiger partial charge in [-0.25, -0.2) is 4.68 Å². The minimum atomic E-state index is -4.49. The van der Waals surface area contributed by atoms with Crippen molar-refractivity contribution >= 4 is 17.7 Å². The number of nitrogens with one attached hydrogen (secondary N) is 1. The number of carbonyl (C=O) groups is 1. The third-order valence-electron chi connectivity index (χ3n) is 6.75. The van der Waals surface area contributed by atoms with Crippen LogP contribution in [0.4, 0.5) is 13.2 Å². The number of thioether (sulfide) groups is 1. The van der Waals surface area contributed by atoms with Crippen molar-refractivity contribution < 1.29 is 22.7 Å². The number of aromatic amines is 1. The maximum atomic E-state index is 13.5. The van der Waals surface area contributed by atoms with E-state index in [4.69, 9.17) is 4.74 Å². The molecular formula is C28H30F3N7O2S. The van der Waals surface area contributed by atoms with E-state index in [-0.39, 0.29) is 18.4 Å². The molecule has 0 unspecified atom stereocenters. The van der Waals surface area contributed by atoms with Gasteiger partial charge in [-0.15, -0.1) is 10.2 Å². The molecule has 4 aromatic rings. The van der Waals surface area contributed by atoms with Crippen molar-refractivity contribution in [1.82, 2.24) is 35.3 Å². The van der Waals surface area contributed by atoms with Crippen molar-refractivity contribution in [3.05, 3.63) is 65.4 Å². The number of amides is 1. The SMILES string of the molecule is CCCc1nn(CC(F)(F)F)c(OCC(=O)N2CCSCC2)c1Cc1ccc(-c2ccccc2-c2nn[nH]n2)cc1. The number of alkyl halides is 3. The first-order chi connectivity index (χ1) is 19.8. The summed E-state index contributed by atoms with van der Waals surface area (Å²) in [7, 11) is 0. The van der Waals surface area contributed by atoms with Crippen molar-refractivity contribution in [3.8, 4) is 28.4 Å². The summed E-state index contributed by atoms with van der Waals surface area (Å²) in [6.07, 6.45) is -2.99. The number of aromatic nitrogens is 6. The van der Waals surface area contributed by atoms with Gasteiger partial charge in [0, 0.05) is 42.1 Å². The highest BCUT2D eigenvalue weighted by molar-refractivity contribution is 7.99. The molecule has 13 heteroatoms. The van der Waals surface area contributed by atoms with Gasteiger partial charge >= 0.3 is 6.18 Å². The molecule has 1 fully saturated rings. The molecule has 5 rings (SSSR count). The highest BCUT2D eigenvalue weighted by atomic mass is 32.2. The van der Waals surface area contributed by atoms with E-state index in [1.807, 2.05) is 55.5 Å². The third-order valence-corrected chi connectivity index (χ3v) is 7.70. The molecule has 0 saturated carbocycles. The Kier molecular flexibility index (Phi) is 8.91. The zero-order valence-electron chi connectivity index (χ0n) is 22.5. The van der Waals surface area contributed by atoms with E-state index in [0.29, 0.717) is 49.4 Å². The maximum absolute atomic E-state index is 13.5. The van der Waals surface area contributed by atoms with Crippen LogP contribution in [-0.4, -0.2) is 78.6 Å². The lowest BCUT2D eigenvalue weighted by molar-refractivity contribution is -0.143. The molecule has 0 aliphatic carbocycles. The Morgan fingerprint density at radius 1 is 1.07 bits per heavy atom. The minimum absolute atomic E-state index is 0.00274. The van der Waals surface area contributed by atoms with Gasteiger partial charge in [0.15, 0.2) is 6.61 Å². The van der Waals surface area contributed by atoms with E-state index in [0.717, 1.165) is 38.4 Å². The topological polar surface area (TPSA) is 102 Å². The number of nitrogens with zero attached hydrogens (tertiary/aromatic N) is 6. The van der Waals surface area contributed by atoms with Crippen LogP contribution < -0.4 is 4.74 Å². The highest BCUT2D eigenvalue weighted by Gasteiger charge is 2.32. The van der Waals surface area contributed by atoms with Crippen molar-refractivity contribution in [3.63, 3.8) is 0 Å². The summed E-state index contributed by atoms with van der Waals surface area (Å²) in [5.74, 6) is 1.90. The normalized spacial score (nSPS) is 13.9. The van der Waals surface area contributed by atoms with Gasteiger partial charge in [0.2, 0.25) is 11.7 Å². The first kappa shape index (κ1) is 28.7. The Bertz CT molecular complexity index is 1450. The van der Waals surface area contributed by atoms with Gasteiger partial charge in [-0.1, -0.05) is 61.9 Å².